The van der Waals surface area contributed by atoms with Crippen LogP contribution in [0.4, 0.5) is 11.5 Å². The number of hydrogen-bond donors (Lipinski definition) is 1. The molecule has 1 amide bonds. The summed E-state index contributed by atoms with van der Waals surface area (Å²) in [6.45, 7) is 8.67. The van der Waals surface area contributed by atoms with Crippen LogP contribution < -0.4 is 10.2 Å². The highest BCUT2D eigenvalue weighted by molar-refractivity contribution is 6.03. The molecule has 2 aromatic rings. The van der Waals surface area contributed by atoms with E-state index < -0.39 is 0 Å². The van der Waals surface area contributed by atoms with E-state index in [1.54, 1.807) is 0 Å². The smallest absolute Gasteiger partial charge is 0.256 e. The lowest BCUT2D eigenvalue weighted by Gasteiger charge is -2.28. The lowest BCUT2D eigenvalue weighted by Crippen LogP contribution is -2.29. The summed E-state index contributed by atoms with van der Waals surface area (Å²) >= 11 is 0. The number of nitrogens with one attached hydrogen (secondary N) is 1. The second-order valence-electron chi connectivity index (χ2n) is 7.73. The summed E-state index contributed by atoms with van der Waals surface area (Å²) in [5.41, 5.74) is 3.08. The number of carbonyl (C=O) groups is 1. The van der Waals surface area contributed by atoms with Gasteiger partial charge in [0.1, 0.15) is 5.82 Å². The van der Waals surface area contributed by atoms with E-state index in [4.69, 9.17) is 0 Å². The molecule has 0 saturated carbocycles. The van der Waals surface area contributed by atoms with Gasteiger partial charge >= 0.3 is 0 Å². The Hall–Kier alpha value is -2.36. The van der Waals surface area contributed by atoms with Gasteiger partial charge in [-0.2, -0.15) is 0 Å². The Morgan fingerprint density at radius 3 is 2.24 bits per heavy atom. The molecule has 1 fully saturated rings. The zero-order chi connectivity index (χ0) is 17.9. The number of piperidine rings is 1. The second-order valence-corrected chi connectivity index (χ2v) is 7.73. The zero-order valence-electron chi connectivity index (χ0n) is 15.4. The van der Waals surface area contributed by atoms with Crippen molar-refractivity contribution in [2.75, 3.05) is 23.3 Å². The van der Waals surface area contributed by atoms with Crippen LogP contribution >= 0.6 is 0 Å². The molecule has 0 unspecified atom stereocenters. The van der Waals surface area contributed by atoms with Crippen LogP contribution in [0.3, 0.4) is 0 Å². The molecule has 132 valence electrons. The van der Waals surface area contributed by atoms with Crippen molar-refractivity contribution in [2.45, 2.75) is 45.4 Å². The predicted molar refractivity (Wildman–Crippen MR) is 103 cm³/mol. The summed E-state index contributed by atoms with van der Waals surface area (Å²) in [6, 6.07) is 11.7. The topological polar surface area (TPSA) is 45.2 Å². The maximum atomic E-state index is 12.4. The number of aromatic nitrogens is 1. The van der Waals surface area contributed by atoms with Crippen LogP contribution in [0.25, 0.3) is 0 Å². The van der Waals surface area contributed by atoms with Crippen molar-refractivity contribution in [2.24, 2.45) is 0 Å². The number of carbonyl (C=O) groups excluding carboxylic acids is 1. The van der Waals surface area contributed by atoms with Gasteiger partial charge in [-0.3, -0.25) is 4.79 Å². The molecule has 1 aliphatic heterocycles. The SMILES string of the molecule is CC(C)(C)c1ccc(C(=O)Nc2ccc(N3CCCCC3)cn2)cc1. The molecule has 25 heavy (non-hydrogen) atoms. The maximum Gasteiger partial charge on any atom is 0.256 e. The Balaban J connectivity index is 1.64. The van der Waals surface area contributed by atoms with Crippen molar-refractivity contribution in [3.05, 3.63) is 53.7 Å². The zero-order valence-corrected chi connectivity index (χ0v) is 15.4. The van der Waals surface area contributed by atoms with E-state index in [1.807, 2.05) is 42.6 Å². The highest BCUT2D eigenvalue weighted by Gasteiger charge is 2.15. The Kier molecular flexibility index (Phi) is 5.07. The predicted octanol–water partition coefficient (Wildman–Crippen LogP) is 4.62. The molecule has 1 N–H and O–H groups in total. The number of benzene rings is 1. The van der Waals surface area contributed by atoms with E-state index in [-0.39, 0.29) is 11.3 Å². The van der Waals surface area contributed by atoms with Crippen LogP contribution in [0.2, 0.25) is 0 Å². The highest BCUT2D eigenvalue weighted by Crippen LogP contribution is 2.23. The molecule has 1 aliphatic rings. The van der Waals surface area contributed by atoms with Crippen LogP contribution in [0.5, 0.6) is 0 Å². The second kappa shape index (κ2) is 7.26. The van der Waals surface area contributed by atoms with E-state index in [0.717, 1.165) is 18.8 Å². The van der Waals surface area contributed by atoms with E-state index in [1.165, 1.54) is 24.8 Å². The van der Waals surface area contributed by atoms with Crippen LogP contribution in [0.1, 0.15) is 56.0 Å². The first kappa shape index (κ1) is 17.5. The van der Waals surface area contributed by atoms with Crippen molar-refractivity contribution in [1.29, 1.82) is 0 Å². The minimum atomic E-state index is -0.126. The highest BCUT2D eigenvalue weighted by atomic mass is 16.1. The van der Waals surface area contributed by atoms with Crippen molar-refractivity contribution in [3.8, 4) is 0 Å². The van der Waals surface area contributed by atoms with E-state index in [2.05, 4.69) is 36.0 Å². The molecule has 2 heterocycles. The van der Waals surface area contributed by atoms with Crippen LogP contribution in [0, 0.1) is 0 Å². The molecule has 1 saturated heterocycles. The first-order valence-corrected chi connectivity index (χ1v) is 9.06. The third-order valence-corrected chi connectivity index (χ3v) is 4.72. The monoisotopic (exact) mass is 337 g/mol. The van der Waals surface area contributed by atoms with Crippen molar-refractivity contribution < 1.29 is 4.79 Å². The van der Waals surface area contributed by atoms with Gasteiger partial charge in [0.25, 0.3) is 5.91 Å². The number of pyridine rings is 1. The van der Waals surface area contributed by atoms with Crippen LogP contribution in [-0.4, -0.2) is 24.0 Å². The van der Waals surface area contributed by atoms with E-state index in [9.17, 15) is 4.79 Å². The largest absolute Gasteiger partial charge is 0.370 e. The van der Waals surface area contributed by atoms with Gasteiger partial charge in [0.05, 0.1) is 11.9 Å². The molecule has 1 aromatic heterocycles. The third-order valence-electron chi connectivity index (χ3n) is 4.72. The average molecular weight is 337 g/mol. The number of amides is 1. The molecule has 0 atom stereocenters. The summed E-state index contributed by atoms with van der Waals surface area (Å²) in [4.78, 5) is 19.2. The van der Waals surface area contributed by atoms with Gasteiger partial charge in [-0.25, -0.2) is 4.98 Å². The fourth-order valence-electron chi connectivity index (χ4n) is 3.11. The fraction of sp³-hybridized carbons (Fsp3) is 0.429. The molecule has 0 aliphatic carbocycles. The fourth-order valence-corrected chi connectivity index (χ4v) is 3.11. The van der Waals surface area contributed by atoms with E-state index in [0.29, 0.717) is 11.4 Å². The lowest BCUT2D eigenvalue weighted by atomic mass is 9.87. The van der Waals surface area contributed by atoms with Crippen LogP contribution in [0.15, 0.2) is 42.6 Å². The molecular weight excluding hydrogens is 310 g/mol. The molecule has 1 aromatic carbocycles. The Bertz CT molecular complexity index is 708. The number of rotatable bonds is 3. The normalized spacial score (nSPS) is 15.1. The third kappa shape index (κ3) is 4.38. The first-order valence-electron chi connectivity index (χ1n) is 9.06. The minimum Gasteiger partial charge on any atom is -0.370 e. The Morgan fingerprint density at radius 1 is 1.00 bits per heavy atom. The van der Waals surface area contributed by atoms with Crippen LogP contribution in [-0.2, 0) is 5.41 Å². The van der Waals surface area contributed by atoms with Gasteiger partial charge in [-0.1, -0.05) is 32.9 Å². The van der Waals surface area contributed by atoms with Crippen molar-refractivity contribution in [3.63, 3.8) is 0 Å². The Labute approximate surface area is 150 Å². The molecule has 3 rings (SSSR count). The molecule has 4 heteroatoms. The summed E-state index contributed by atoms with van der Waals surface area (Å²) < 4.78 is 0. The van der Waals surface area contributed by atoms with Crippen molar-refractivity contribution in [1.82, 2.24) is 4.98 Å². The van der Waals surface area contributed by atoms with Gasteiger partial charge in [0.2, 0.25) is 0 Å². The lowest BCUT2D eigenvalue weighted by molar-refractivity contribution is 0.102. The molecule has 0 bridgehead atoms. The number of hydrogen-bond acceptors (Lipinski definition) is 3. The average Bonchev–Trinajstić information content (AvgIpc) is 2.62. The summed E-state index contributed by atoms with van der Waals surface area (Å²) in [5.74, 6) is 0.462. The molecule has 4 nitrogen and oxygen atoms in total. The van der Waals surface area contributed by atoms with Gasteiger partial charge in [-0.15, -0.1) is 0 Å². The maximum absolute atomic E-state index is 12.4. The van der Waals surface area contributed by atoms with Gasteiger partial charge in [0, 0.05) is 18.7 Å². The molecule has 0 radical (unpaired) electrons. The minimum absolute atomic E-state index is 0.0842. The standard InChI is InChI=1S/C21H27N3O/c1-21(2,3)17-9-7-16(8-10-17)20(25)23-19-12-11-18(15-22-19)24-13-5-4-6-14-24/h7-12,15H,4-6,13-14H2,1-3H3,(H,22,23,25). The summed E-state index contributed by atoms with van der Waals surface area (Å²) in [6.07, 6.45) is 5.64. The van der Waals surface area contributed by atoms with E-state index >= 15 is 0 Å². The van der Waals surface area contributed by atoms with Gasteiger partial charge in [0.15, 0.2) is 0 Å². The summed E-state index contributed by atoms with van der Waals surface area (Å²) in [5, 5.41) is 2.88. The number of anilines is 2. The van der Waals surface area contributed by atoms with Crippen molar-refractivity contribution >= 4 is 17.4 Å². The molecular formula is C21H27N3O. The first-order chi connectivity index (χ1) is 11.9. The van der Waals surface area contributed by atoms with Gasteiger partial charge in [-0.05, 0) is 54.5 Å². The quantitative estimate of drug-likeness (QED) is 0.889. The van der Waals surface area contributed by atoms with Gasteiger partial charge < -0.3 is 10.2 Å². The Morgan fingerprint density at radius 2 is 1.68 bits per heavy atom. The molecule has 0 spiro atoms. The summed E-state index contributed by atoms with van der Waals surface area (Å²) in [7, 11) is 0. The number of nitrogens with zero attached hydrogens (tertiary/aromatic N) is 2.